The normalized spacial score (nSPS) is 11.3. The van der Waals surface area contributed by atoms with Gasteiger partial charge in [-0.15, -0.1) is 46.7 Å². The van der Waals surface area contributed by atoms with Crippen molar-refractivity contribution in [1.82, 2.24) is 20.6 Å². The van der Waals surface area contributed by atoms with E-state index in [2.05, 4.69) is 44.8 Å². The Morgan fingerprint density at radius 3 is 2.52 bits per heavy atom. The molecule has 2 N–H and O–H groups in total. The van der Waals surface area contributed by atoms with Crippen LogP contribution in [-0.4, -0.2) is 29.0 Å². The third-order valence-electron chi connectivity index (χ3n) is 3.57. The number of aromatic nitrogens is 2. The number of halogens is 1. The lowest BCUT2D eigenvalue weighted by atomic mass is 10.2. The van der Waals surface area contributed by atoms with Gasteiger partial charge in [-0.1, -0.05) is 0 Å². The summed E-state index contributed by atoms with van der Waals surface area (Å²) in [5.41, 5.74) is 2.24. The fourth-order valence-electron chi connectivity index (χ4n) is 2.22. The van der Waals surface area contributed by atoms with E-state index in [1.807, 2.05) is 13.8 Å². The van der Waals surface area contributed by atoms with Gasteiger partial charge >= 0.3 is 0 Å². The monoisotopic (exact) mass is 493 g/mol. The van der Waals surface area contributed by atoms with Gasteiger partial charge in [0.1, 0.15) is 5.01 Å². The molecule has 0 radical (unpaired) electrons. The van der Waals surface area contributed by atoms with Gasteiger partial charge in [0.2, 0.25) is 0 Å². The van der Waals surface area contributed by atoms with Gasteiger partial charge in [-0.25, -0.2) is 15.0 Å². The predicted octanol–water partition coefficient (Wildman–Crippen LogP) is 4.22. The topological polar surface area (TPSA) is 62.2 Å². The fraction of sp³-hybridized carbons (Fsp3) is 0.588. The second-order valence-electron chi connectivity index (χ2n) is 5.71. The van der Waals surface area contributed by atoms with Gasteiger partial charge in [-0.05, 0) is 47.0 Å². The van der Waals surface area contributed by atoms with E-state index in [4.69, 9.17) is 0 Å². The molecule has 0 spiro atoms. The van der Waals surface area contributed by atoms with Crippen LogP contribution in [0.25, 0.3) is 0 Å². The zero-order valence-corrected chi connectivity index (χ0v) is 19.3. The van der Waals surface area contributed by atoms with Crippen LogP contribution in [0.1, 0.15) is 46.0 Å². The molecule has 140 valence electrons. The Morgan fingerprint density at radius 1 is 1.12 bits per heavy atom. The largest absolute Gasteiger partial charge is 0.357 e. The quantitative estimate of drug-likeness (QED) is 0.250. The molecule has 2 rings (SSSR count). The molecular formula is C17H28IN5S2. The maximum absolute atomic E-state index is 4.63. The van der Waals surface area contributed by atoms with Gasteiger partial charge in [0, 0.05) is 29.0 Å². The third kappa shape index (κ3) is 8.00. The lowest BCUT2D eigenvalue weighted by Crippen LogP contribution is -2.37. The van der Waals surface area contributed by atoms with E-state index in [0.29, 0.717) is 6.54 Å². The molecule has 8 heteroatoms. The van der Waals surface area contributed by atoms with Crippen molar-refractivity contribution in [3.8, 4) is 0 Å². The van der Waals surface area contributed by atoms with Crippen molar-refractivity contribution >= 4 is 52.6 Å². The van der Waals surface area contributed by atoms with Crippen LogP contribution in [0.15, 0.2) is 10.4 Å². The van der Waals surface area contributed by atoms with Crippen LogP contribution in [0.3, 0.4) is 0 Å². The molecule has 0 saturated heterocycles. The SMILES string of the molecule is CCNC(=NCc1nc(C)c(C)s1)NCCCCc1nc(C)cs1.I. The van der Waals surface area contributed by atoms with Gasteiger partial charge in [-0.2, -0.15) is 0 Å². The molecule has 2 aromatic rings. The van der Waals surface area contributed by atoms with Crippen LogP contribution in [0.2, 0.25) is 0 Å². The lowest BCUT2D eigenvalue weighted by Gasteiger charge is -2.10. The minimum Gasteiger partial charge on any atom is -0.357 e. The first-order valence-corrected chi connectivity index (χ1v) is 10.1. The molecular weight excluding hydrogens is 465 g/mol. The minimum atomic E-state index is 0. The number of hydrogen-bond acceptors (Lipinski definition) is 5. The minimum absolute atomic E-state index is 0. The summed E-state index contributed by atoms with van der Waals surface area (Å²) in [7, 11) is 0. The molecule has 0 bridgehead atoms. The van der Waals surface area contributed by atoms with E-state index in [0.717, 1.165) is 54.7 Å². The van der Waals surface area contributed by atoms with Crippen LogP contribution in [-0.2, 0) is 13.0 Å². The number of nitrogens with zero attached hydrogens (tertiary/aromatic N) is 3. The number of guanidine groups is 1. The van der Waals surface area contributed by atoms with Crippen molar-refractivity contribution in [1.29, 1.82) is 0 Å². The Kier molecular flexibility index (Phi) is 10.5. The highest BCUT2D eigenvalue weighted by Crippen LogP contribution is 2.17. The number of aliphatic imine (C=N–C) groups is 1. The van der Waals surface area contributed by atoms with E-state index in [-0.39, 0.29) is 24.0 Å². The lowest BCUT2D eigenvalue weighted by molar-refractivity contribution is 0.692. The Morgan fingerprint density at radius 2 is 1.92 bits per heavy atom. The molecule has 0 saturated carbocycles. The molecule has 25 heavy (non-hydrogen) atoms. The summed E-state index contributed by atoms with van der Waals surface area (Å²) in [4.78, 5) is 14.9. The highest BCUT2D eigenvalue weighted by molar-refractivity contribution is 14.0. The summed E-state index contributed by atoms with van der Waals surface area (Å²) in [6, 6.07) is 0. The Bertz CT molecular complexity index is 646. The average Bonchev–Trinajstić information content (AvgIpc) is 3.10. The smallest absolute Gasteiger partial charge is 0.191 e. The highest BCUT2D eigenvalue weighted by Gasteiger charge is 2.04. The van der Waals surface area contributed by atoms with Crippen molar-refractivity contribution in [3.63, 3.8) is 0 Å². The van der Waals surface area contributed by atoms with Gasteiger partial charge in [0.05, 0.1) is 17.2 Å². The van der Waals surface area contributed by atoms with Crippen molar-refractivity contribution in [2.45, 2.75) is 53.5 Å². The van der Waals surface area contributed by atoms with E-state index in [9.17, 15) is 0 Å². The molecule has 0 atom stereocenters. The van der Waals surface area contributed by atoms with E-state index < -0.39 is 0 Å². The molecule has 2 aromatic heterocycles. The maximum atomic E-state index is 4.63. The fourth-order valence-corrected chi connectivity index (χ4v) is 3.90. The van der Waals surface area contributed by atoms with Crippen molar-refractivity contribution in [2.75, 3.05) is 13.1 Å². The number of hydrogen-bond donors (Lipinski definition) is 2. The van der Waals surface area contributed by atoms with E-state index in [1.165, 1.54) is 9.88 Å². The first-order valence-electron chi connectivity index (χ1n) is 8.44. The molecule has 0 aliphatic heterocycles. The molecule has 0 aliphatic rings. The summed E-state index contributed by atoms with van der Waals surface area (Å²) >= 11 is 3.48. The Labute approximate surface area is 175 Å². The molecule has 0 aliphatic carbocycles. The van der Waals surface area contributed by atoms with Gasteiger partial charge in [0.15, 0.2) is 5.96 Å². The van der Waals surface area contributed by atoms with Crippen molar-refractivity contribution in [3.05, 3.63) is 31.7 Å². The number of aryl methyl sites for hydroxylation is 4. The van der Waals surface area contributed by atoms with Crippen molar-refractivity contribution < 1.29 is 0 Å². The molecule has 2 heterocycles. The van der Waals surface area contributed by atoms with Crippen LogP contribution in [0.5, 0.6) is 0 Å². The highest BCUT2D eigenvalue weighted by atomic mass is 127. The predicted molar refractivity (Wildman–Crippen MR) is 120 cm³/mol. The number of thiazole rings is 2. The Balaban J connectivity index is 0.00000312. The number of rotatable bonds is 8. The van der Waals surface area contributed by atoms with Crippen molar-refractivity contribution in [2.24, 2.45) is 4.99 Å². The average molecular weight is 493 g/mol. The summed E-state index contributed by atoms with van der Waals surface area (Å²) < 4.78 is 0. The van der Waals surface area contributed by atoms with Crippen LogP contribution < -0.4 is 10.6 Å². The summed E-state index contributed by atoms with van der Waals surface area (Å²) in [6.07, 6.45) is 3.31. The van der Waals surface area contributed by atoms with Crippen LogP contribution in [0.4, 0.5) is 0 Å². The van der Waals surface area contributed by atoms with E-state index >= 15 is 0 Å². The van der Waals surface area contributed by atoms with Crippen LogP contribution >= 0.6 is 46.7 Å². The molecule has 0 fully saturated rings. The molecule has 0 aromatic carbocycles. The van der Waals surface area contributed by atoms with E-state index in [1.54, 1.807) is 22.7 Å². The third-order valence-corrected chi connectivity index (χ3v) is 5.65. The molecule has 5 nitrogen and oxygen atoms in total. The Hall–Kier alpha value is -0.740. The summed E-state index contributed by atoms with van der Waals surface area (Å²) in [6.45, 7) is 10.7. The molecule has 0 amide bonds. The van der Waals surface area contributed by atoms with Gasteiger partial charge in [0.25, 0.3) is 0 Å². The standard InChI is InChI=1S/C17H27N5S2.HI/c1-5-18-17(20-10-16-22-13(3)14(4)24-16)19-9-7-6-8-15-21-12(2)11-23-15;/h11H,5-10H2,1-4H3,(H2,18,19,20);1H. The second kappa shape index (κ2) is 11.8. The maximum Gasteiger partial charge on any atom is 0.191 e. The second-order valence-corrected chi connectivity index (χ2v) is 7.94. The summed E-state index contributed by atoms with van der Waals surface area (Å²) in [5.74, 6) is 0.869. The zero-order valence-electron chi connectivity index (χ0n) is 15.4. The first kappa shape index (κ1) is 22.3. The first-order chi connectivity index (χ1) is 11.6. The number of nitrogens with one attached hydrogen (secondary N) is 2. The summed E-state index contributed by atoms with van der Waals surface area (Å²) in [5, 5.41) is 11.1. The van der Waals surface area contributed by atoms with Gasteiger partial charge < -0.3 is 10.6 Å². The van der Waals surface area contributed by atoms with Gasteiger partial charge in [-0.3, -0.25) is 0 Å². The van der Waals surface area contributed by atoms with Crippen LogP contribution in [0, 0.1) is 20.8 Å². The zero-order chi connectivity index (χ0) is 17.4. The molecule has 0 unspecified atom stereocenters. The number of unbranched alkanes of at least 4 members (excludes halogenated alkanes) is 1.